The standard InChI is InChI=1S/C9H8N2O5S/c1-9(8(12)13)4-5(10-16-9)6-2-3-7(17-6)11(14)15/h2-3H,4H2,1H3,(H,12,13). The first kappa shape index (κ1) is 11.5. The van der Waals surface area contributed by atoms with Crippen LogP contribution in [0, 0.1) is 10.1 Å². The molecule has 0 saturated heterocycles. The lowest BCUT2D eigenvalue weighted by Gasteiger charge is -2.14. The van der Waals surface area contributed by atoms with E-state index in [0.29, 0.717) is 10.6 Å². The molecule has 1 aliphatic rings. The topological polar surface area (TPSA) is 102 Å². The van der Waals surface area contributed by atoms with E-state index in [0.717, 1.165) is 11.3 Å². The first-order chi connectivity index (χ1) is 7.92. The number of nitro groups is 1. The first-order valence-corrected chi connectivity index (χ1v) is 5.47. The Balaban J connectivity index is 2.20. The van der Waals surface area contributed by atoms with Crippen molar-refractivity contribution in [2.24, 2.45) is 5.16 Å². The summed E-state index contributed by atoms with van der Waals surface area (Å²) in [6.07, 6.45) is 0.0972. The van der Waals surface area contributed by atoms with Gasteiger partial charge in [-0.15, -0.1) is 0 Å². The van der Waals surface area contributed by atoms with Gasteiger partial charge in [-0.1, -0.05) is 16.5 Å². The normalized spacial score (nSPS) is 23.0. The van der Waals surface area contributed by atoms with Gasteiger partial charge >= 0.3 is 11.0 Å². The average Bonchev–Trinajstić information content (AvgIpc) is 2.84. The molecule has 90 valence electrons. The van der Waals surface area contributed by atoms with Crippen molar-refractivity contribution in [1.82, 2.24) is 0 Å². The van der Waals surface area contributed by atoms with Gasteiger partial charge in [0.25, 0.3) is 0 Å². The Hall–Kier alpha value is -1.96. The van der Waals surface area contributed by atoms with Gasteiger partial charge in [0.15, 0.2) is 0 Å². The van der Waals surface area contributed by atoms with Gasteiger partial charge < -0.3 is 9.94 Å². The van der Waals surface area contributed by atoms with Gasteiger partial charge in [-0.25, -0.2) is 4.79 Å². The van der Waals surface area contributed by atoms with Gasteiger partial charge in [0.1, 0.15) is 5.71 Å². The highest BCUT2D eigenvalue weighted by Crippen LogP contribution is 2.31. The Morgan fingerprint density at radius 1 is 1.71 bits per heavy atom. The summed E-state index contributed by atoms with van der Waals surface area (Å²) in [6.45, 7) is 1.41. The Morgan fingerprint density at radius 2 is 2.41 bits per heavy atom. The highest BCUT2D eigenvalue weighted by Gasteiger charge is 2.42. The van der Waals surface area contributed by atoms with Crippen LogP contribution in [0.25, 0.3) is 0 Å². The first-order valence-electron chi connectivity index (χ1n) is 4.65. The molecule has 1 aliphatic heterocycles. The number of rotatable bonds is 3. The Kier molecular flexibility index (Phi) is 2.58. The van der Waals surface area contributed by atoms with Crippen molar-refractivity contribution in [3.05, 3.63) is 27.1 Å². The smallest absolute Gasteiger partial charge is 0.351 e. The van der Waals surface area contributed by atoms with Crippen molar-refractivity contribution in [1.29, 1.82) is 0 Å². The predicted octanol–water partition coefficient (Wildman–Crippen LogP) is 1.62. The van der Waals surface area contributed by atoms with Crippen LogP contribution in [0.1, 0.15) is 18.2 Å². The van der Waals surface area contributed by atoms with E-state index in [4.69, 9.17) is 9.94 Å². The van der Waals surface area contributed by atoms with Crippen molar-refractivity contribution < 1.29 is 19.7 Å². The van der Waals surface area contributed by atoms with Gasteiger partial charge in [-0.05, 0) is 13.0 Å². The van der Waals surface area contributed by atoms with Gasteiger partial charge in [-0.2, -0.15) is 0 Å². The van der Waals surface area contributed by atoms with Crippen LogP contribution in [0.15, 0.2) is 17.3 Å². The molecule has 2 rings (SSSR count). The fourth-order valence-corrected chi connectivity index (χ4v) is 2.17. The highest BCUT2D eigenvalue weighted by molar-refractivity contribution is 7.17. The van der Waals surface area contributed by atoms with E-state index in [1.54, 1.807) is 6.07 Å². The average molecular weight is 256 g/mol. The van der Waals surface area contributed by atoms with Crippen molar-refractivity contribution in [2.45, 2.75) is 18.9 Å². The summed E-state index contributed by atoms with van der Waals surface area (Å²) >= 11 is 0.948. The molecular weight excluding hydrogens is 248 g/mol. The number of oxime groups is 1. The lowest BCUT2D eigenvalue weighted by molar-refractivity contribution is -0.380. The molecule has 1 unspecified atom stereocenters. The molecule has 1 N–H and O–H groups in total. The second-order valence-electron chi connectivity index (χ2n) is 3.74. The third kappa shape index (κ3) is 1.98. The molecule has 0 amide bonds. The third-order valence-corrected chi connectivity index (χ3v) is 3.46. The number of carboxylic acid groups (broad SMARTS) is 1. The molecule has 0 radical (unpaired) electrons. The SMILES string of the molecule is CC1(C(=O)O)CC(c2ccc([N+](=O)[O-])s2)=NO1. The summed E-state index contributed by atoms with van der Waals surface area (Å²) in [6, 6.07) is 2.90. The highest BCUT2D eigenvalue weighted by atomic mass is 32.1. The number of carbonyl (C=O) groups is 1. The van der Waals surface area contributed by atoms with E-state index < -0.39 is 16.5 Å². The number of hydrogen-bond donors (Lipinski definition) is 1. The maximum absolute atomic E-state index is 10.9. The van der Waals surface area contributed by atoms with Crippen molar-refractivity contribution >= 4 is 28.0 Å². The van der Waals surface area contributed by atoms with E-state index in [1.165, 1.54) is 13.0 Å². The Bertz CT molecular complexity index is 523. The Morgan fingerprint density at radius 3 is 2.88 bits per heavy atom. The number of nitrogens with zero attached hydrogens (tertiary/aromatic N) is 2. The maximum atomic E-state index is 10.9. The largest absolute Gasteiger partial charge is 0.478 e. The summed E-state index contributed by atoms with van der Waals surface area (Å²) in [5.41, 5.74) is -0.957. The molecular formula is C9H8N2O5S. The monoisotopic (exact) mass is 256 g/mol. The molecule has 0 fully saturated rings. The van der Waals surface area contributed by atoms with Crippen LogP contribution in [0.2, 0.25) is 0 Å². The molecule has 1 atom stereocenters. The number of hydrogen-bond acceptors (Lipinski definition) is 6. The third-order valence-electron chi connectivity index (χ3n) is 2.37. The summed E-state index contributed by atoms with van der Waals surface area (Å²) in [7, 11) is 0. The van der Waals surface area contributed by atoms with E-state index in [1.807, 2.05) is 0 Å². The lowest BCUT2D eigenvalue weighted by Crippen LogP contribution is -2.35. The minimum atomic E-state index is -1.38. The molecule has 2 heterocycles. The van der Waals surface area contributed by atoms with Gasteiger partial charge in [0, 0.05) is 12.5 Å². The molecule has 0 saturated carbocycles. The van der Waals surface area contributed by atoms with Crippen LogP contribution in [-0.4, -0.2) is 27.3 Å². The zero-order chi connectivity index (χ0) is 12.6. The van der Waals surface area contributed by atoms with Crippen molar-refractivity contribution in [3.63, 3.8) is 0 Å². The maximum Gasteiger partial charge on any atom is 0.351 e. The molecule has 8 heteroatoms. The minimum absolute atomic E-state index is 0.00775. The fraction of sp³-hybridized carbons (Fsp3) is 0.333. The zero-order valence-corrected chi connectivity index (χ0v) is 9.56. The second-order valence-corrected chi connectivity index (χ2v) is 4.80. The molecule has 17 heavy (non-hydrogen) atoms. The fourth-order valence-electron chi connectivity index (χ4n) is 1.37. The number of aliphatic carboxylic acids is 1. The van der Waals surface area contributed by atoms with E-state index in [2.05, 4.69) is 5.16 Å². The minimum Gasteiger partial charge on any atom is -0.478 e. The molecule has 0 spiro atoms. The van der Waals surface area contributed by atoms with Crippen LogP contribution in [-0.2, 0) is 9.63 Å². The molecule has 1 aromatic rings. The summed E-state index contributed by atoms with van der Waals surface area (Å²) in [5, 5.41) is 23.1. The molecule has 0 aromatic carbocycles. The lowest BCUT2D eigenvalue weighted by atomic mass is 10.00. The summed E-state index contributed by atoms with van der Waals surface area (Å²) < 4.78 is 0. The van der Waals surface area contributed by atoms with Crippen molar-refractivity contribution in [2.75, 3.05) is 0 Å². The van der Waals surface area contributed by atoms with Crippen LogP contribution >= 0.6 is 11.3 Å². The molecule has 0 bridgehead atoms. The molecule has 0 aliphatic carbocycles. The zero-order valence-electron chi connectivity index (χ0n) is 8.74. The van der Waals surface area contributed by atoms with Gasteiger partial charge in [-0.3, -0.25) is 10.1 Å². The second kappa shape index (κ2) is 3.81. The van der Waals surface area contributed by atoms with Crippen LogP contribution in [0.3, 0.4) is 0 Å². The van der Waals surface area contributed by atoms with Crippen LogP contribution < -0.4 is 0 Å². The summed E-state index contributed by atoms with van der Waals surface area (Å²) in [5.74, 6) is -1.11. The quantitative estimate of drug-likeness (QED) is 0.654. The van der Waals surface area contributed by atoms with E-state index >= 15 is 0 Å². The van der Waals surface area contributed by atoms with Gasteiger partial charge in [0.2, 0.25) is 5.60 Å². The van der Waals surface area contributed by atoms with Crippen molar-refractivity contribution in [3.8, 4) is 0 Å². The van der Waals surface area contributed by atoms with Crippen LogP contribution in [0.5, 0.6) is 0 Å². The van der Waals surface area contributed by atoms with Crippen LogP contribution in [0.4, 0.5) is 5.00 Å². The Labute approximate surface area is 99.5 Å². The molecule has 7 nitrogen and oxygen atoms in total. The van der Waals surface area contributed by atoms with Gasteiger partial charge in [0.05, 0.1) is 9.80 Å². The predicted molar refractivity (Wildman–Crippen MR) is 59.3 cm³/mol. The summed E-state index contributed by atoms with van der Waals surface area (Å²) in [4.78, 5) is 26.3. The molecule has 1 aromatic heterocycles. The van der Waals surface area contributed by atoms with E-state index in [-0.39, 0.29) is 11.4 Å². The number of carboxylic acids is 1. The van der Waals surface area contributed by atoms with E-state index in [9.17, 15) is 14.9 Å². The number of thiophene rings is 1.